The fraction of sp³-hybridized carbons (Fsp3) is 0.900. The lowest BCUT2D eigenvalue weighted by molar-refractivity contribution is -0.150. The lowest BCUT2D eigenvalue weighted by atomic mass is 10.1. The summed E-state index contributed by atoms with van der Waals surface area (Å²) in [7, 11) is 0. The van der Waals surface area contributed by atoms with Crippen molar-refractivity contribution in [2.24, 2.45) is 0 Å². The topological polar surface area (TPSA) is 52.6 Å². The van der Waals surface area contributed by atoms with E-state index in [2.05, 4.69) is 13.8 Å². The number of hydrogen-bond donors (Lipinski definition) is 0. The Morgan fingerprint density at radius 2 is 1.38 bits per heavy atom. The van der Waals surface area contributed by atoms with E-state index in [9.17, 15) is 9.59 Å². The van der Waals surface area contributed by atoms with E-state index in [1.165, 1.54) is 19.3 Å². The summed E-state index contributed by atoms with van der Waals surface area (Å²) in [4.78, 5) is 23.4. The molecule has 4 heteroatoms. The first kappa shape index (κ1) is 22.9. The summed E-state index contributed by atoms with van der Waals surface area (Å²) in [5.74, 6) is -0.282. The van der Waals surface area contributed by atoms with Crippen molar-refractivity contribution in [1.29, 1.82) is 0 Å². The number of unbranched alkanes of at least 4 members (excludes halogenated alkanes) is 6. The molecule has 0 radical (unpaired) electrons. The van der Waals surface area contributed by atoms with E-state index in [-0.39, 0.29) is 18.0 Å². The van der Waals surface area contributed by atoms with Crippen LogP contribution in [0.2, 0.25) is 0 Å². The van der Waals surface area contributed by atoms with Gasteiger partial charge in [0.05, 0.1) is 6.61 Å². The summed E-state index contributed by atoms with van der Waals surface area (Å²) in [6.07, 6.45) is 12.0. The standard InChI is InChI=1S/C20H38O4/c1-4-7-9-10-13-17-23-19(21)15-11-12-16-20(22)24-18(6-3)14-8-5-2/h18H,4-17H2,1-3H3. The molecule has 24 heavy (non-hydrogen) atoms. The fourth-order valence-electron chi connectivity index (χ4n) is 2.53. The minimum Gasteiger partial charge on any atom is -0.466 e. The number of esters is 2. The van der Waals surface area contributed by atoms with Crippen molar-refractivity contribution < 1.29 is 19.1 Å². The summed E-state index contributed by atoms with van der Waals surface area (Å²) in [6.45, 7) is 6.90. The van der Waals surface area contributed by atoms with Gasteiger partial charge < -0.3 is 9.47 Å². The van der Waals surface area contributed by atoms with E-state index >= 15 is 0 Å². The van der Waals surface area contributed by atoms with Gasteiger partial charge in [-0.15, -0.1) is 0 Å². The van der Waals surface area contributed by atoms with Gasteiger partial charge in [-0.25, -0.2) is 0 Å². The molecule has 0 aromatic heterocycles. The van der Waals surface area contributed by atoms with Gasteiger partial charge in [-0.2, -0.15) is 0 Å². The molecule has 0 saturated heterocycles. The predicted octanol–water partition coefficient (Wildman–Crippen LogP) is 5.57. The summed E-state index contributed by atoms with van der Waals surface area (Å²) in [5.41, 5.74) is 0. The highest BCUT2D eigenvalue weighted by molar-refractivity contribution is 5.70. The molecule has 0 aromatic carbocycles. The van der Waals surface area contributed by atoms with E-state index in [1.807, 2.05) is 6.92 Å². The number of carbonyl (C=O) groups excluding carboxylic acids is 2. The van der Waals surface area contributed by atoms with Crippen LogP contribution < -0.4 is 0 Å². The zero-order valence-corrected chi connectivity index (χ0v) is 16.1. The zero-order valence-electron chi connectivity index (χ0n) is 16.1. The Bertz CT molecular complexity index is 315. The Morgan fingerprint density at radius 3 is 2.00 bits per heavy atom. The lowest BCUT2D eigenvalue weighted by Crippen LogP contribution is -2.17. The normalized spacial score (nSPS) is 12.0. The van der Waals surface area contributed by atoms with Gasteiger partial charge in [0.2, 0.25) is 0 Å². The van der Waals surface area contributed by atoms with Crippen LogP contribution in [0.1, 0.15) is 104 Å². The predicted molar refractivity (Wildman–Crippen MR) is 97.9 cm³/mol. The molecule has 0 aromatic rings. The zero-order chi connectivity index (χ0) is 18.0. The monoisotopic (exact) mass is 342 g/mol. The van der Waals surface area contributed by atoms with Crippen LogP contribution in [0.25, 0.3) is 0 Å². The molecule has 0 aliphatic heterocycles. The van der Waals surface area contributed by atoms with Gasteiger partial charge in [0, 0.05) is 12.8 Å². The minimum absolute atomic E-state index is 0.0510. The van der Waals surface area contributed by atoms with Crippen molar-refractivity contribution in [3.8, 4) is 0 Å². The first-order valence-corrected chi connectivity index (χ1v) is 9.99. The quantitative estimate of drug-likeness (QED) is 0.272. The molecule has 0 spiro atoms. The average Bonchev–Trinajstić information content (AvgIpc) is 2.58. The third kappa shape index (κ3) is 14.5. The Hall–Kier alpha value is -1.06. The number of rotatable bonds is 16. The molecule has 0 aliphatic carbocycles. The summed E-state index contributed by atoms with van der Waals surface area (Å²) < 4.78 is 10.7. The smallest absolute Gasteiger partial charge is 0.306 e. The van der Waals surface area contributed by atoms with Gasteiger partial charge in [0.15, 0.2) is 0 Å². The van der Waals surface area contributed by atoms with Gasteiger partial charge in [-0.1, -0.05) is 59.3 Å². The Morgan fingerprint density at radius 1 is 0.750 bits per heavy atom. The first-order chi connectivity index (χ1) is 11.6. The second-order valence-corrected chi connectivity index (χ2v) is 6.50. The van der Waals surface area contributed by atoms with Crippen molar-refractivity contribution in [2.75, 3.05) is 6.61 Å². The van der Waals surface area contributed by atoms with Gasteiger partial charge >= 0.3 is 11.9 Å². The molecule has 0 saturated carbocycles. The van der Waals surface area contributed by atoms with Gasteiger partial charge in [0.1, 0.15) is 6.10 Å². The molecule has 0 aliphatic rings. The molecule has 0 bridgehead atoms. The fourth-order valence-corrected chi connectivity index (χ4v) is 2.53. The highest BCUT2D eigenvalue weighted by Gasteiger charge is 2.12. The van der Waals surface area contributed by atoms with Gasteiger partial charge in [-0.05, 0) is 32.1 Å². The molecule has 1 unspecified atom stereocenters. The molecule has 0 heterocycles. The molecule has 0 amide bonds. The van der Waals surface area contributed by atoms with Crippen LogP contribution in [0.15, 0.2) is 0 Å². The van der Waals surface area contributed by atoms with E-state index in [1.54, 1.807) is 0 Å². The van der Waals surface area contributed by atoms with E-state index in [4.69, 9.17) is 9.47 Å². The van der Waals surface area contributed by atoms with E-state index < -0.39 is 0 Å². The SMILES string of the molecule is CCCCCCCOC(=O)CCCCC(=O)OC(CC)CCCC. The lowest BCUT2D eigenvalue weighted by Gasteiger charge is -2.15. The molecule has 4 nitrogen and oxygen atoms in total. The van der Waals surface area contributed by atoms with Crippen LogP contribution in [-0.2, 0) is 19.1 Å². The maximum Gasteiger partial charge on any atom is 0.306 e. The van der Waals surface area contributed by atoms with E-state index in [0.29, 0.717) is 32.3 Å². The highest BCUT2D eigenvalue weighted by Crippen LogP contribution is 2.11. The second-order valence-electron chi connectivity index (χ2n) is 6.50. The van der Waals surface area contributed by atoms with Crippen molar-refractivity contribution >= 4 is 11.9 Å². The maximum absolute atomic E-state index is 11.8. The molecular formula is C20H38O4. The molecule has 142 valence electrons. The third-order valence-corrected chi connectivity index (χ3v) is 4.16. The largest absolute Gasteiger partial charge is 0.466 e. The summed E-state index contributed by atoms with van der Waals surface area (Å²) in [5, 5.41) is 0. The molecular weight excluding hydrogens is 304 g/mol. The van der Waals surface area contributed by atoms with Crippen LogP contribution in [0.5, 0.6) is 0 Å². The number of ether oxygens (including phenoxy) is 2. The van der Waals surface area contributed by atoms with Crippen molar-refractivity contribution in [1.82, 2.24) is 0 Å². The van der Waals surface area contributed by atoms with Crippen LogP contribution >= 0.6 is 0 Å². The van der Waals surface area contributed by atoms with E-state index in [0.717, 1.165) is 38.5 Å². The Balaban J connectivity index is 3.55. The van der Waals surface area contributed by atoms with Crippen LogP contribution in [0.4, 0.5) is 0 Å². The first-order valence-electron chi connectivity index (χ1n) is 9.99. The van der Waals surface area contributed by atoms with Crippen LogP contribution in [0, 0.1) is 0 Å². The molecule has 0 N–H and O–H groups in total. The van der Waals surface area contributed by atoms with Crippen molar-refractivity contribution in [2.45, 2.75) is 110 Å². The Kier molecular flexibility index (Phi) is 16.0. The Labute approximate surface area is 148 Å². The average molecular weight is 343 g/mol. The van der Waals surface area contributed by atoms with Crippen LogP contribution in [-0.4, -0.2) is 24.6 Å². The van der Waals surface area contributed by atoms with Gasteiger partial charge in [-0.3, -0.25) is 9.59 Å². The number of carbonyl (C=O) groups is 2. The van der Waals surface area contributed by atoms with Crippen molar-refractivity contribution in [3.05, 3.63) is 0 Å². The highest BCUT2D eigenvalue weighted by atomic mass is 16.5. The summed E-state index contributed by atoms with van der Waals surface area (Å²) in [6, 6.07) is 0. The maximum atomic E-state index is 11.8. The molecule has 0 rings (SSSR count). The third-order valence-electron chi connectivity index (χ3n) is 4.16. The van der Waals surface area contributed by atoms with Crippen LogP contribution in [0.3, 0.4) is 0 Å². The second kappa shape index (κ2) is 16.8. The summed E-state index contributed by atoms with van der Waals surface area (Å²) >= 11 is 0. The molecule has 1 atom stereocenters. The molecule has 0 fully saturated rings. The van der Waals surface area contributed by atoms with Gasteiger partial charge in [0.25, 0.3) is 0 Å². The number of hydrogen-bond acceptors (Lipinski definition) is 4. The minimum atomic E-state index is -0.145. The van der Waals surface area contributed by atoms with Crippen molar-refractivity contribution in [3.63, 3.8) is 0 Å².